The van der Waals surface area contributed by atoms with Gasteiger partial charge in [0, 0.05) is 51.7 Å². The molecule has 0 aliphatic carbocycles. The van der Waals surface area contributed by atoms with Gasteiger partial charge in [-0.15, -0.1) is 0 Å². The number of unbranched alkanes of at least 4 members (excludes halogenated alkanes) is 4. The van der Waals surface area contributed by atoms with Crippen molar-refractivity contribution >= 4 is 12.1 Å². The van der Waals surface area contributed by atoms with Crippen LogP contribution in [-0.4, -0.2) is 79.4 Å². The van der Waals surface area contributed by atoms with Crippen LogP contribution in [0.5, 0.6) is 0 Å². The Morgan fingerprint density at radius 3 is 2.30 bits per heavy atom. The van der Waals surface area contributed by atoms with Crippen LogP contribution in [0.25, 0.3) is 0 Å². The highest BCUT2D eigenvalue weighted by Crippen LogP contribution is 2.17. The molecule has 0 saturated carbocycles. The van der Waals surface area contributed by atoms with Gasteiger partial charge in [0.15, 0.2) is 0 Å². The molecule has 0 aromatic heterocycles. The second-order valence-electron chi connectivity index (χ2n) is 8.06. The first kappa shape index (κ1) is 22.0. The summed E-state index contributed by atoms with van der Waals surface area (Å²) in [4.78, 5) is 28.0. The van der Waals surface area contributed by atoms with Gasteiger partial charge in [-0.1, -0.05) is 19.3 Å². The van der Waals surface area contributed by atoms with Gasteiger partial charge in [-0.05, 0) is 33.6 Å². The van der Waals surface area contributed by atoms with Gasteiger partial charge in [0.1, 0.15) is 12.2 Å². The van der Waals surface area contributed by atoms with Gasteiger partial charge >= 0.3 is 12.1 Å². The lowest BCUT2D eigenvalue weighted by Gasteiger charge is -2.14. The molecule has 2 aliphatic rings. The molecule has 2 heterocycles. The van der Waals surface area contributed by atoms with Crippen LogP contribution in [0.2, 0.25) is 0 Å². The molecule has 7 heteroatoms. The van der Waals surface area contributed by atoms with Crippen LogP contribution in [0.1, 0.15) is 59.3 Å². The van der Waals surface area contributed by atoms with E-state index in [1.165, 1.54) is 0 Å². The van der Waals surface area contributed by atoms with Crippen molar-refractivity contribution in [1.29, 1.82) is 0 Å². The van der Waals surface area contributed by atoms with Gasteiger partial charge in [0.05, 0.1) is 0 Å². The Hall–Kier alpha value is -1.34. The third-order valence-electron chi connectivity index (χ3n) is 5.00. The monoisotopic (exact) mass is 383 g/mol. The predicted molar refractivity (Wildman–Crippen MR) is 105 cm³/mol. The van der Waals surface area contributed by atoms with Crippen LogP contribution in [0, 0.1) is 0 Å². The van der Waals surface area contributed by atoms with Crippen LogP contribution in [0.4, 0.5) is 4.79 Å². The summed E-state index contributed by atoms with van der Waals surface area (Å²) in [5, 5.41) is 2.80. The quantitative estimate of drug-likeness (QED) is 0.282. The number of hydrogen-bond donors (Lipinski definition) is 1. The molecule has 0 bridgehead atoms. The van der Waals surface area contributed by atoms with Gasteiger partial charge in [-0.25, -0.2) is 4.79 Å². The Bertz CT molecular complexity index is 470. The molecule has 0 radical (unpaired) electrons. The normalized spacial score (nSPS) is 23.4. The highest BCUT2D eigenvalue weighted by atomic mass is 16.6. The highest BCUT2D eigenvalue weighted by molar-refractivity contribution is 5.69. The van der Waals surface area contributed by atoms with E-state index in [0.717, 1.165) is 64.8 Å². The van der Waals surface area contributed by atoms with Crippen molar-refractivity contribution in [3.63, 3.8) is 0 Å². The maximum Gasteiger partial charge on any atom is 0.407 e. The molecule has 2 fully saturated rings. The number of rotatable bonds is 14. The molecule has 0 spiro atoms. The molecule has 2 aliphatic heterocycles. The Kier molecular flexibility index (Phi) is 9.34. The minimum absolute atomic E-state index is 0.0162. The molecule has 156 valence electrons. The van der Waals surface area contributed by atoms with E-state index in [1.807, 2.05) is 13.8 Å². The van der Waals surface area contributed by atoms with E-state index < -0.39 is 0 Å². The number of alkyl carbamates (subject to hydrolysis) is 1. The number of esters is 1. The third-order valence-corrected chi connectivity index (χ3v) is 5.00. The molecule has 2 saturated heterocycles. The van der Waals surface area contributed by atoms with Crippen molar-refractivity contribution in [2.75, 3.05) is 39.3 Å². The first-order chi connectivity index (χ1) is 12.9. The zero-order valence-corrected chi connectivity index (χ0v) is 17.2. The standard InChI is InChI=1S/C20H37N3O4/c1-16-13-23(16)15-18(3)26-19(24)9-7-5-4-6-8-10-21-20(25)27-17(2)14-22-11-12-22/h16-18H,4-15H2,1-3H3,(H,21,25). The predicted octanol–water partition coefficient (Wildman–Crippen LogP) is 2.39. The molecule has 4 atom stereocenters. The average molecular weight is 384 g/mol. The minimum Gasteiger partial charge on any atom is -0.461 e. The lowest BCUT2D eigenvalue weighted by atomic mass is 10.1. The van der Waals surface area contributed by atoms with E-state index in [4.69, 9.17) is 9.47 Å². The maximum absolute atomic E-state index is 11.8. The molecule has 1 N–H and O–H groups in total. The van der Waals surface area contributed by atoms with Crippen molar-refractivity contribution in [1.82, 2.24) is 15.1 Å². The van der Waals surface area contributed by atoms with E-state index in [-0.39, 0.29) is 24.3 Å². The number of ether oxygens (including phenoxy) is 2. The summed E-state index contributed by atoms with van der Waals surface area (Å²) in [5.41, 5.74) is 0. The maximum atomic E-state index is 11.8. The molecule has 0 aromatic carbocycles. The second-order valence-corrected chi connectivity index (χ2v) is 8.06. The van der Waals surface area contributed by atoms with Gasteiger partial charge in [0.25, 0.3) is 0 Å². The van der Waals surface area contributed by atoms with Crippen molar-refractivity contribution in [2.45, 2.75) is 77.5 Å². The number of hydrogen-bond acceptors (Lipinski definition) is 6. The zero-order chi connectivity index (χ0) is 19.6. The van der Waals surface area contributed by atoms with E-state index >= 15 is 0 Å². The minimum atomic E-state index is -0.321. The summed E-state index contributed by atoms with van der Waals surface area (Å²) in [7, 11) is 0. The number of amides is 1. The Balaban J connectivity index is 1.34. The van der Waals surface area contributed by atoms with Gasteiger partial charge in [-0.2, -0.15) is 0 Å². The summed E-state index contributed by atoms with van der Waals surface area (Å²) in [5.74, 6) is -0.0851. The lowest BCUT2D eigenvalue weighted by molar-refractivity contribution is -0.148. The van der Waals surface area contributed by atoms with Crippen LogP contribution >= 0.6 is 0 Å². The van der Waals surface area contributed by atoms with Gasteiger partial charge in [0.2, 0.25) is 0 Å². The van der Waals surface area contributed by atoms with Gasteiger partial charge in [-0.3, -0.25) is 14.6 Å². The van der Waals surface area contributed by atoms with Crippen LogP contribution in [0.3, 0.4) is 0 Å². The molecular weight excluding hydrogens is 346 g/mol. The fraction of sp³-hybridized carbons (Fsp3) is 0.900. The topological polar surface area (TPSA) is 70.7 Å². The summed E-state index contributed by atoms with van der Waals surface area (Å²) in [6, 6.07) is 0.645. The number of carbonyl (C=O) groups is 2. The SMILES string of the molecule is CC(CN1CC1C)OC(=O)CCCCCCCNC(=O)OC(C)CN1CC1. The van der Waals surface area contributed by atoms with Crippen LogP contribution in [-0.2, 0) is 14.3 Å². The van der Waals surface area contributed by atoms with E-state index in [2.05, 4.69) is 22.0 Å². The largest absolute Gasteiger partial charge is 0.461 e. The molecule has 7 nitrogen and oxygen atoms in total. The van der Waals surface area contributed by atoms with Crippen molar-refractivity contribution in [3.05, 3.63) is 0 Å². The fourth-order valence-corrected chi connectivity index (χ4v) is 3.19. The molecule has 4 unspecified atom stereocenters. The number of nitrogens with one attached hydrogen (secondary N) is 1. The molecule has 1 amide bonds. The summed E-state index contributed by atoms with van der Waals surface area (Å²) in [6.07, 6.45) is 5.04. The van der Waals surface area contributed by atoms with E-state index in [1.54, 1.807) is 0 Å². The Morgan fingerprint density at radius 1 is 1.00 bits per heavy atom. The first-order valence-corrected chi connectivity index (χ1v) is 10.5. The summed E-state index contributed by atoms with van der Waals surface area (Å²) < 4.78 is 10.7. The average Bonchev–Trinajstić information content (AvgIpc) is 3.50. The third kappa shape index (κ3) is 10.5. The zero-order valence-electron chi connectivity index (χ0n) is 17.2. The van der Waals surface area contributed by atoms with Crippen LogP contribution in [0.15, 0.2) is 0 Å². The Morgan fingerprint density at radius 2 is 1.63 bits per heavy atom. The first-order valence-electron chi connectivity index (χ1n) is 10.5. The molecule has 0 aromatic rings. The van der Waals surface area contributed by atoms with E-state index in [9.17, 15) is 9.59 Å². The van der Waals surface area contributed by atoms with Crippen LogP contribution < -0.4 is 5.32 Å². The number of nitrogens with zero attached hydrogens (tertiary/aromatic N) is 2. The second kappa shape index (κ2) is 11.5. The molecule has 27 heavy (non-hydrogen) atoms. The van der Waals surface area contributed by atoms with Crippen molar-refractivity contribution in [3.8, 4) is 0 Å². The fourth-order valence-electron chi connectivity index (χ4n) is 3.19. The summed E-state index contributed by atoms with van der Waals surface area (Å²) in [6.45, 7) is 11.7. The number of carbonyl (C=O) groups excluding carboxylic acids is 2. The van der Waals surface area contributed by atoms with E-state index in [0.29, 0.717) is 19.0 Å². The lowest BCUT2D eigenvalue weighted by Crippen LogP contribution is -2.31. The summed E-state index contributed by atoms with van der Waals surface area (Å²) >= 11 is 0. The van der Waals surface area contributed by atoms with Crippen molar-refractivity contribution in [2.24, 2.45) is 0 Å². The van der Waals surface area contributed by atoms with Gasteiger partial charge < -0.3 is 14.8 Å². The Labute approximate surface area is 163 Å². The smallest absolute Gasteiger partial charge is 0.407 e. The molecular formula is C20H37N3O4. The molecule has 2 rings (SSSR count). The highest BCUT2D eigenvalue weighted by Gasteiger charge is 2.30. The van der Waals surface area contributed by atoms with Crippen molar-refractivity contribution < 1.29 is 19.1 Å².